The van der Waals surface area contributed by atoms with E-state index in [0.717, 1.165) is 17.1 Å². The summed E-state index contributed by atoms with van der Waals surface area (Å²) in [6.45, 7) is 6.26. The van der Waals surface area contributed by atoms with Gasteiger partial charge in [0.05, 0.1) is 17.2 Å². The fraction of sp³-hybridized carbons (Fsp3) is 0.429. The van der Waals surface area contributed by atoms with Crippen LogP contribution in [0.5, 0.6) is 0 Å². The number of amides is 1. The Balaban J connectivity index is 2.04. The van der Waals surface area contributed by atoms with Gasteiger partial charge in [0.15, 0.2) is 5.69 Å². The quantitative estimate of drug-likeness (QED) is 0.844. The number of carboxylic acid groups (broad SMARTS) is 1. The number of carbonyl (C=O) groups is 2. The molecule has 2 heterocycles. The average molecular weight is 339 g/mol. The van der Waals surface area contributed by atoms with Crippen LogP contribution in [0.3, 0.4) is 0 Å². The predicted molar refractivity (Wildman–Crippen MR) is 85.6 cm³/mol. The molecule has 0 unspecified atom stereocenters. The van der Waals surface area contributed by atoms with E-state index < -0.39 is 5.97 Å². The van der Waals surface area contributed by atoms with Crippen molar-refractivity contribution in [1.29, 1.82) is 0 Å². The Morgan fingerprint density at radius 1 is 1.36 bits per heavy atom. The number of aromatic nitrogens is 2. The third-order valence-corrected chi connectivity index (χ3v) is 4.64. The summed E-state index contributed by atoms with van der Waals surface area (Å²) < 4.78 is 0. The summed E-state index contributed by atoms with van der Waals surface area (Å²) in [4.78, 5) is 32.1. The lowest BCUT2D eigenvalue weighted by molar-refractivity contribution is 0.0691. The first kappa shape index (κ1) is 16.6. The highest BCUT2D eigenvalue weighted by atomic mass is 32.1. The molecule has 118 valence electrons. The van der Waals surface area contributed by atoms with Gasteiger partial charge in [-0.3, -0.25) is 4.79 Å². The number of nitrogens with zero attached hydrogens (tertiary/aromatic N) is 2. The van der Waals surface area contributed by atoms with Gasteiger partial charge in [-0.1, -0.05) is 13.8 Å². The second-order valence-corrected chi connectivity index (χ2v) is 7.37. The second kappa shape index (κ2) is 6.97. The molecular weight excluding hydrogens is 322 g/mol. The van der Waals surface area contributed by atoms with Gasteiger partial charge < -0.3 is 10.4 Å². The van der Waals surface area contributed by atoms with Crippen molar-refractivity contribution in [3.05, 3.63) is 31.7 Å². The minimum atomic E-state index is -1.06. The number of hydrogen-bond acceptors (Lipinski definition) is 6. The summed E-state index contributed by atoms with van der Waals surface area (Å²) in [5.74, 6) is -0.829. The lowest BCUT2D eigenvalue weighted by atomic mass is 10.1. The van der Waals surface area contributed by atoms with Crippen LogP contribution in [0, 0.1) is 12.8 Å². The molecule has 0 saturated heterocycles. The SMILES string of the molecule is Cc1nc(CC(C)C)c(C(=O)NCc2nc(C(=O)O)cs2)s1. The maximum Gasteiger partial charge on any atom is 0.355 e. The van der Waals surface area contributed by atoms with E-state index in [-0.39, 0.29) is 18.1 Å². The normalized spacial score (nSPS) is 10.9. The minimum absolute atomic E-state index is 0.00313. The summed E-state index contributed by atoms with van der Waals surface area (Å²) in [6, 6.07) is 0. The van der Waals surface area contributed by atoms with E-state index in [1.165, 1.54) is 28.1 Å². The van der Waals surface area contributed by atoms with E-state index in [4.69, 9.17) is 5.11 Å². The molecule has 22 heavy (non-hydrogen) atoms. The van der Waals surface area contributed by atoms with Crippen molar-refractivity contribution < 1.29 is 14.7 Å². The Bertz CT molecular complexity index is 691. The molecule has 2 aromatic heterocycles. The van der Waals surface area contributed by atoms with Gasteiger partial charge in [-0.15, -0.1) is 22.7 Å². The summed E-state index contributed by atoms with van der Waals surface area (Å²) in [5, 5.41) is 14.5. The Hall–Kier alpha value is -1.80. The highest BCUT2D eigenvalue weighted by molar-refractivity contribution is 7.13. The van der Waals surface area contributed by atoms with Crippen molar-refractivity contribution >= 4 is 34.6 Å². The fourth-order valence-electron chi connectivity index (χ4n) is 1.90. The molecule has 0 saturated carbocycles. The first-order valence-electron chi connectivity index (χ1n) is 6.79. The van der Waals surface area contributed by atoms with Crippen LogP contribution in [-0.2, 0) is 13.0 Å². The van der Waals surface area contributed by atoms with Crippen molar-refractivity contribution in [2.24, 2.45) is 5.92 Å². The molecular formula is C14H17N3O3S2. The van der Waals surface area contributed by atoms with E-state index in [1.807, 2.05) is 6.92 Å². The first-order chi connectivity index (χ1) is 10.4. The van der Waals surface area contributed by atoms with Crippen molar-refractivity contribution in [2.45, 2.75) is 33.7 Å². The molecule has 6 nitrogen and oxygen atoms in total. The van der Waals surface area contributed by atoms with Crippen molar-refractivity contribution in [1.82, 2.24) is 15.3 Å². The molecule has 2 rings (SSSR count). The van der Waals surface area contributed by atoms with Gasteiger partial charge in [0.2, 0.25) is 0 Å². The van der Waals surface area contributed by atoms with Crippen LogP contribution >= 0.6 is 22.7 Å². The number of hydrogen-bond donors (Lipinski definition) is 2. The van der Waals surface area contributed by atoms with Crippen molar-refractivity contribution in [3.63, 3.8) is 0 Å². The van der Waals surface area contributed by atoms with Gasteiger partial charge >= 0.3 is 5.97 Å². The molecule has 0 fully saturated rings. The molecule has 0 aliphatic carbocycles. The molecule has 0 bridgehead atoms. The van der Waals surface area contributed by atoms with E-state index in [9.17, 15) is 9.59 Å². The van der Waals surface area contributed by atoms with Crippen LogP contribution in [0.15, 0.2) is 5.38 Å². The molecule has 0 spiro atoms. The molecule has 0 atom stereocenters. The van der Waals surface area contributed by atoms with Crippen molar-refractivity contribution in [3.8, 4) is 0 Å². The van der Waals surface area contributed by atoms with Gasteiger partial charge in [0.1, 0.15) is 9.88 Å². The zero-order valence-corrected chi connectivity index (χ0v) is 14.2. The highest BCUT2D eigenvalue weighted by Crippen LogP contribution is 2.21. The minimum Gasteiger partial charge on any atom is -0.476 e. The second-order valence-electron chi connectivity index (χ2n) is 5.22. The standard InChI is InChI=1S/C14H17N3O3S2/c1-7(2)4-9-12(22-8(3)16-9)13(18)15-5-11-17-10(6-21-11)14(19)20/h6-7H,4-5H2,1-3H3,(H,15,18)(H,19,20). The van der Waals surface area contributed by atoms with Crippen molar-refractivity contribution in [2.75, 3.05) is 0 Å². The van der Waals surface area contributed by atoms with Gasteiger partial charge in [-0.25, -0.2) is 14.8 Å². The van der Waals surface area contributed by atoms with E-state index in [2.05, 4.69) is 29.1 Å². The summed E-state index contributed by atoms with van der Waals surface area (Å²) in [6.07, 6.45) is 0.757. The van der Waals surface area contributed by atoms with Crippen LogP contribution in [0.25, 0.3) is 0 Å². The molecule has 1 amide bonds. The Morgan fingerprint density at radius 3 is 2.68 bits per heavy atom. The predicted octanol–water partition coefficient (Wildman–Crippen LogP) is 2.73. The largest absolute Gasteiger partial charge is 0.476 e. The van der Waals surface area contributed by atoms with Crippen LogP contribution in [0.1, 0.15) is 49.7 Å². The zero-order chi connectivity index (χ0) is 16.3. The molecule has 0 aliphatic heterocycles. The zero-order valence-electron chi connectivity index (χ0n) is 12.5. The summed E-state index contributed by atoms with van der Waals surface area (Å²) >= 11 is 2.59. The maximum absolute atomic E-state index is 12.3. The summed E-state index contributed by atoms with van der Waals surface area (Å²) in [7, 11) is 0. The van der Waals surface area contributed by atoms with Crippen LogP contribution in [0.4, 0.5) is 0 Å². The van der Waals surface area contributed by atoms with Crippen LogP contribution < -0.4 is 5.32 Å². The third kappa shape index (κ3) is 4.11. The average Bonchev–Trinajstić information content (AvgIpc) is 3.02. The van der Waals surface area contributed by atoms with Gasteiger partial charge in [0.25, 0.3) is 5.91 Å². The first-order valence-corrected chi connectivity index (χ1v) is 8.48. The lowest BCUT2D eigenvalue weighted by Crippen LogP contribution is -2.23. The Morgan fingerprint density at radius 2 is 2.09 bits per heavy atom. The molecule has 0 aromatic carbocycles. The molecule has 0 aliphatic rings. The van der Waals surface area contributed by atoms with Gasteiger partial charge in [0, 0.05) is 5.38 Å². The van der Waals surface area contributed by atoms with Gasteiger partial charge in [-0.05, 0) is 19.3 Å². The highest BCUT2D eigenvalue weighted by Gasteiger charge is 2.18. The number of rotatable bonds is 6. The number of carboxylic acids is 1. The van der Waals surface area contributed by atoms with E-state index in [0.29, 0.717) is 15.8 Å². The smallest absolute Gasteiger partial charge is 0.355 e. The Kier molecular flexibility index (Phi) is 5.25. The topological polar surface area (TPSA) is 92.2 Å². The number of aryl methyl sites for hydroxylation is 1. The lowest BCUT2D eigenvalue weighted by Gasteiger charge is -2.05. The molecule has 2 N–H and O–H groups in total. The summed E-state index contributed by atoms with van der Waals surface area (Å²) in [5.41, 5.74) is 0.823. The van der Waals surface area contributed by atoms with Gasteiger partial charge in [-0.2, -0.15) is 0 Å². The van der Waals surface area contributed by atoms with Crippen LogP contribution in [-0.4, -0.2) is 27.0 Å². The van der Waals surface area contributed by atoms with Crippen LogP contribution in [0.2, 0.25) is 0 Å². The molecule has 0 radical (unpaired) electrons. The number of carbonyl (C=O) groups excluding carboxylic acids is 1. The van der Waals surface area contributed by atoms with E-state index >= 15 is 0 Å². The van der Waals surface area contributed by atoms with E-state index in [1.54, 1.807) is 0 Å². The maximum atomic E-state index is 12.3. The number of aromatic carboxylic acids is 1. The molecule has 2 aromatic rings. The molecule has 8 heteroatoms. The number of thiazole rings is 2. The third-order valence-electron chi connectivity index (χ3n) is 2.78. The number of nitrogens with one attached hydrogen (secondary N) is 1. The monoisotopic (exact) mass is 339 g/mol. The Labute approximate surface area is 136 Å². The fourth-order valence-corrected chi connectivity index (χ4v) is 3.47.